The Hall–Kier alpha value is -3.06. The monoisotopic (exact) mass is 363 g/mol. The lowest BCUT2D eigenvalue weighted by atomic mass is 10.1. The molecule has 0 saturated heterocycles. The Morgan fingerprint density at radius 1 is 1.19 bits per heavy atom. The molecule has 1 aliphatic rings. The topological polar surface area (TPSA) is 92.9 Å². The fourth-order valence-corrected chi connectivity index (χ4v) is 3.55. The molecule has 0 aliphatic heterocycles. The average Bonchev–Trinajstić information content (AvgIpc) is 3.33. The van der Waals surface area contributed by atoms with Crippen LogP contribution in [-0.4, -0.2) is 42.7 Å². The van der Waals surface area contributed by atoms with Crippen molar-refractivity contribution in [2.75, 3.05) is 0 Å². The van der Waals surface area contributed by atoms with E-state index in [4.69, 9.17) is 0 Å². The lowest BCUT2D eigenvalue weighted by Gasteiger charge is -2.16. The Morgan fingerprint density at radius 3 is 2.67 bits per heavy atom. The minimum Gasteiger partial charge on any atom is -0.391 e. The summed E-state index contributed by atoms with van der Waals surface area (Å²) in [5, 5.41) is 13.2. The zero-order valence-electron chi connectivity index (χ0n) is 14.8. The number of hydrogen-bond donors (Lipinski definition) is 2. The van der Waals surface area contributed by atoms with E-state index in [9.17, 15) is 9.90 Å². The molecule has 3 atom stereocenters. The van der Waals surface area contributed by atoms with Gasteiger partial charge in [0.25, 0.3) is 5.91 Å². The molecule has 3 aromatic rings. The lowest BCUT2D eigenvalue weighted by molar-refractivity contribution is 0.0872. The number of imidazole rings is 1. The molecule has 138 valence electrons. The van der Waals surface area contributed by atoms with Crippen LogP contribution in [0.15, 0.2) is 61.4 Å². The van der Waals surface area contributed by atoms with Gasteiger partial charge < -0.3 is 15.0 Å². The van der Waals surface area contributed by atoms with E-state index < -0.39 is 6.10 Å². The largest absolute Gasteiger partial charge is 0.391 e. The Balaban J connectivity index is 1.37. The van der Waals surface area contributed by atoms with Crippen LogP contribution >= 0.6 is 0 Å². The molecule has 1 fully saturated rings. The van der Waals surface area contributed by atoms with Gasteiger partial charge >= 0.3 is 0 Å². The number of aliphatic hydroxyl groups is 1. The Morgan fingerprint density at radius 2 is 1.96 bits per heavy atom. The van der Waals surface area contributed by atoms with Crippen molar-refractivity contribution in [1.29, 1.82) is 0 Å². The van der Waals surface area contributed by atoms with Crippen molar-refractivity contribution in [1.82, 2.24) is 24.8 Å². The van der Waals surface area contributed by atoms with Crippen LogP contribution in [0.5, 0.6) is 0 Å². The van der Waals surface area contributed by atoms with Crippen LogP contribution in [0.25, 0.3) is 11.4 Å². The zero-order valence-corrected chi connectivity index (χ0v) is 14.8. The molecule has 1 amide bonds. The second-order valence-corrected chi connectivity index (χ2v) is 6.91. The number of hydrogen-bond acceptors (Lipinski definition) is 5. The van der Waals surface area contributed by atoms with Crippen LogP contribution in [0.1, 0.15) is 23.2 Å². The molecule has 1 aromatic carbocycles. The van der Waals surface area contributed by atoms with Gasteiger partial charge in [-0.05, 0) is 18.8 Å². The Labute approximate surface area is 157 Å². The fraction of sp³-hybridized carbons (Fsp3) is 0.300. The SMILES string of the molecule is O=C(N[C@@H]1CC(Cn2ccnc2)C[C@H]1O)c1cnc(-c2ccccc2)nc1. The molecular weight excluding hydrogens is 342 g/mol. The number of aromatic nitrogens is 4. The second kappa shape index (κ2) is 7.67. The van der Waals surface area contributed by atoms with Crippen LogP contribution in [0.3, 0.4) is 0 Å². The van der Waals surface area contributed by atoms with Crippen molar-refractivity contribution < 1.29 is 9.90 Å². The summed E-state index contributed by atoms with van der Waals surface area (Å²) in [6.07, 6.45) is 9.30. The molecule has 1 saturated carbocycles. The van der Waals surface area contributed by atoms with E-state index in [0.29, 0.717) is 23.7 Å². The number of rotatable bonds is 5. The first kappa shape index (κ1) is 17.4. The van der Waals surface area contributed by atoms with Crippen molar-refractivity contribution in [3.05, 3.63) is 67.0 Å². The van der Waals surface area contributed by atoms with E-state index in [-0.39, 0.29) is 11.9 Å². The summed E-state index contributed by atoms with van der Waals surface area (Å²) in [5.74, 6) is 0.617. The maximum Gasteiger partial charge on any atom is 0.254 e. The molecule has 4 rings (SSSR count). The van der Waals surface area contributed by atoms with Gasteiger partial charge in [0, 0.05) is 36.9 Å². The summed E-state index contributed by atoms with van der Waals surface area (Å²) in [6.45, 7) is 0.790. The van der Waals surface area contributed by atoms with E-state index in [1.165, 1.54) is 12.4 Å². The number of nitrogens with one attached hydrogen (secondary N) is 1. The van der Waals surface area contributed by atoms with Gasteiger partial charge in [-0.15, -0.1) is 0 Å². The molecule has 27 heavy (non-hydrogen) atoms. The number of benzene rings is 1. The minimum absolute atomic E-state index is 0.262. The van der Waals surface area contributed by atoms with E-state index in [1.807, 2.05) is 41.1 Å². The maximum absolute atomic E-state index is 12.5. The maximum atomic E-state index is 12.5. The molecule has 1 unspecified atom stereocenters. The average molecular weight is 363 g/mol. The number of nitrogens with zero attached hydrogens (tertiary/aromatic N) is 4. The first-order valence-corrected chi connectivity index (χ1v) is 9.01. The van der Waals surface area contributed by atoms with Gasteiger partial charge in [-0.2, -0.15) is 0 Å². The highest BCUT2D eigenvalue weighted by atomic mass is 16.3. The highest BCUT2D eigenvalue weighted by Gasteiger charge is 2.34. The highest BCUT2D eigenvalue weighted by molar-refractivity contribution is 5.94. The highest BCUT2D eigenvalue weighted by Crippen LogP contribution is 2.27. The van der Waals surface area contributed by atoms with Gasteiger partial charge in [0.2, 0.25) is 0 Å². The van der Waals surface area contributed by atoms with E-state index in [2.05, 4.69) is 20.3 Å². The van der Waals surface area contributed by atoms with Crippen molar-refractivity contribution in [3.8, 4) is 11.4 Å². The van der Waals surface area contributed by atoms with Crippen LogP contribution in [-0.2, 0) is 6.54 Å². The summed E-state index contributed by atoms with van der Waals surface area (Å²) >= 11 is 0. The van der Waals surface area contributed by atoms with Gasteiger partial charge in [-0.25, -0.2) is 15.0 Å². The third kappa shape index (κ3) is 4.03. The number of aliphatic hydroxyl groups excluding tert-OH is 1. The molecule has 2 aromatic heterocycles. The second-order valence-electron chi connectivity index (χ2n) is 6.91. The summed E-state index contributed by atoms with van der Waals surface area (Å²) in [7, 11) is 0. The summed E-state index contributed by atoms with van der Waals surface area (Å²) in [4.78, 5) is 25.1. The van der Waals surface area contributed by atoms with Crippen LogP contribution in [0, 0.1) is 5.92 Å². The third-order valence-electron chi connectivity index (χ3n) is 4.92. The minimum atomic E-state index is -0.549. The molecular formula is C20H21N5O2. The number of carbonyl (C=O) groups is 1. The smallest absolute Gasteiger partial charge is 0.254 e. The molecule has 2 N–H and O–H groups in total. The molecule has 7 heteroatoms. The van der Waals surface area contributed by atoms with Crippen molar-refractivity contribution in [2.24, 2.45) is 5.92 Å². The summed E-state index contributed by atoms with van der Waals surface area (Å²) in [6, 6.07) is 9.34. The van der Waals surface area contributed by atoms with E-state index in [1.54, 1.807) is 12.5 Å². The van der Waals surface area contributed by atoms with E-state index in [0.717, 1.165) is 18.5 Å². The first-order chi connectivity index (χ1) is 13.2. The summed E-state index contributed by atoms with van der Waals surface area (Å²) in [5.41, 5.74) is 1.29. The zero-order chi connectivity index (χ0) is 18.6. The Kier molecular flexibility index (Phi) is 4.93. The fourth-order valence-electron chi connectivity index (χ4n) is 3.55. The van der Waals surface area contributed by atoms with Gasteiger partial charge in [0.05, 0.1) is 24.0 Å². The first-order valence-electron chi connectivity index (χ1n) is 9.01. The van der Waals surface area contributed by atoms with Gasteiger partial charge in [0.1, 0.15) is 0 Å². The Bertz CT molecular complexity index is 881. The third-order valence-corrected chi connectivity index (χ3v) is 4.92. The van der Waals surface area contributed by atoms with Crippen LogP contribution in [0.2, 0.25) is 0 Å². The van der Waals surface area contributed by atoms with Gasteiger partial charge in [0.15, 0.2) is 5.82 Å². The van der Waals surface area contributed by atoms with Crippen LogP contribution in [0.4, 0.5) is 0 Å². The van der Waals surface area contributed by atoms with Gasteiger partial charge in [-0.3, -0.25) is 4.79 Å². The molecule has 0 radical (unpaired) electrons. The van der Waals surface area contributed by atoms with E-state index >= 15 is 0 Å². The molecule has 1 aliphatic carbocycles. The predicted octanol–water partition coefficient (Wildman–Crippen LogP) is 1.91. The summed E-state index contributed by atoms with van der Waals surface area (Å²) < 4.78 is 2.00. The van der Waals surface area contributed by atoms with Crippen molar-refractivity contribution in [3.63, 3.8) is 0 Å². The number of carbonyl (C=O) groups excluding carboxylic acids is 1. The quantitative estimate of drug-likeness (QED) is 0.722. The number of amides is 1. The lowest BCUT2D eigenvalue weighted by Crippen LogP contribution is -2.40. The predicted molar refractivity (Wildman–Crippen MR) is 99.7 cm³/mol. The normalized spacial score (nSPS) is 21.9. The molecule has 0 spiro atoms. The van der Waals surface area contributed by atoms with Crippen molar-refractivity contribution in [2.45, 2.75) is 31.5 Å². The van der Waals surface area contributed by atoms with Gasteiger partial charge in [-0.1, -0.05) is 30.3 Å². The molecule has 2 heterocycles. The standard InChI is InChI=1S/C20H21N5O2/c26-18-9-14(12-25-7-6-21-13-25)8-17(18)24-20(27)16-10-22-19(23-11-16)15-4-2-1-3-5-15/h1-7,10-11,13-14,17-18,26H,8-9,12H2,(H,24,27)/t14?,17-,18-/m1/s1. The van der Waals surface area contributed by atoms with Crippen molar-refractivity contribution >= 4 is 5.91 Å². The molecule has 0 bridgehead atoms. The molecule has 7 nitrogen and oxygen atoms in total. The van der Waals surface area contributed by atoms with Crippen LogP contribution < -0.4 is 5.32 Å².